The largest absolute Gasteiger partial charge is 0.508 e. The molecule has 0 fully saturated rings. The van der Waals surface area contributed by atoms with Crippen molar-refractivity contribution in [3.63, 3.8) is 0 Å². The first-order chi connectivity index (χ1) is 16.1. The molecule has 9 heteroatoms. The van der Waals surface area contributed by atoms with Crippen molar-refractivity contribution >= 4 is 24.8 Å². The molecule has 0 aliphatic heterocycles. The molecule has 0 aliphatic carbocycles. The van der Waals surface area contributed by atoms with Crippen molar-refractivity contribution < 1.29 is 38.3 Å². The third-order valence-corrected chi connectivity index (χ3v) is 6.90. The summed E-state index contributed by atoms with van der Waals surface area (Å²) in [4.78, 5) is 13.4. The highest BCUT2D eigenvalue weighted by molar-refractivity contribution is 6.76. The van der Waals surface area contributed by atoms with Crippen LogP contribution in [0.4, 0.5) is 0 Å². The van der Waals surface area contributed by atoms with E-state index in [0.717, 1.165) is 6.04 Å². The predicted molar refractivity (Wildman–Crippen MR) is 134 cm³/mol. The number of hydrogen-bond acceptors (Lipinski definition) is 8. The number of fused-ring (bicyclic) bond motifs is 1. The molecule has 0 saturated heterocycles. The maximum atomic E-state index is 13.4. The monoisotopic (exact) mass is 492 g/mol. The summed E-state index contributed by atoms with van der Waals surface area (Å²) in [5.74, 6) is 0.416. The number of esters is 1. The molecule has 0 aromatic heterocycles. The highest BCUT2D eigenvalue weighted by Crippen LogP contribution is 2.49. The Hall–Kier alpha value is -2.75. The molecule has 0 bridgehead atoms. The maximum absolute atomic E-state index is 13.4. The van der Waals surface area contributed by atoms with Crippen LogP contribution in [-0.2, 0) is 14.2 Å². The van der Waals surface area contributed by atoms with E-state index in [1.807, 2.05) is 0 Å². The van der Waals surface area contributed by atoms with E-state index in [9.17, 15) is 9.90 Å². The van der Waals surface area contributed by atoms with Gasteiger partial charge >= 0.3 is 5.97 Å². The normalized spacial score (nSPS) is 11.4. The maximum Gasteiger partial charge on any atom is 0.342 e. The molecule has 0 saturated carbocycles. The Labute approximate surface area is 202 Å². The average Bonchev–Trinajstić information content (AvgIpc) is 2.76. The Morgan fingerprint density at radius 3 is 2.18 bits per heavy atom. The molecule has 0 heterocycles. The quantitative estimate of drug-likeness (QED) is 0.177. The summed E-state index contributed by atoms with van der Waals surface area (Å²) in [6.45, 7) is 14.1. The Balaban J connectivity index is 2.85. The number of phenolic OH excluding ortho intramolecular Hbond substituents is 1. The molecule has 2 rings (SSSR count). The minimum Gasteiger partial charge on any atom is -0.508 e. The summed E-state index contributed by atoms with van der Waals surface area (Å²) >= 11 is 0. The topological polar surface area (TPSA) is 92.7 Å². The molecule has 0 unspecified atom stereocenters. The lowest BCUT2D eigenvalue weighted by molar-refractivity contribution is 0.0428. The van der Waals surface area contributed by atoms with Gasteiger partial charge in [0, 0.05) is 38.8 Å². The van der Waals surface area contributed by atoms with Gasteiger partial charge in [0.25, 0.3) is 0 Å². The second-order valence-corrected chi connectivity index (χ2v) is 14.7. The average molecular weight is 493 g/mol. The van der Waals surface area contributed by atoms with Crippen LogP contribution in [0.3, 0.4) is 0 Å². The first kappa shape index (κ1) is 27.5. The molecule has 0 atom stereocenters. The van der Waals surface area contributed by atoms with E-state index in [4.69, 9.17) is 28.4 Å². The highest BCUT2D eigenvalue weighted by atomic mass is 28.3. The zero-order valence-electron chi connectivity index (χ0n) is 21.2. The summed E-state index contributed by atoms with van der Waals surface area (Å²) < 4.78 is 33.6. The molecule has 0 spiro atoms. The third-order valence-electron chi connectivity index (χ3n) is 5.19. The van der Waals surface area contributed by atoms with Gasteiger partial charge in [0.2, 0.25) is 0 Å². The van der Waals surface area contributed by atoms with Crippen molar-refractivity contribution in [2.75, 3.05) is 41.0 Å². The molecule has 2 aromatic carbocycles. The first-order valence-electron chi connectivity index (χ1n) is 11.0. The van der Waals surface area contributed by atoms with Crippen LogP contribution in [0, 0.1) is 13.8 Å². The Morgan fingerprint density at radius 2 is 1.62 bits per heavy atom. The van der Waals surface area contributed by atoms with Gasteiger partial charge in [-0.2, -0.15) is 0 Å². The zero-order chi connectivity index (χ0) is 25.5. The zero-order valence-corrected chi connectivity index (χ0v) is 22.2. The number of carbonyl (C=O) groups excluding carboxylic acids is 1. The van der Waals surface area contributed by atoms with Gasteiger partial charge in [-0.15, -0.1) is 0 Å². The van der Waals surface area contributed by atoms with Crippen molar-refractivity contribution in [3.05, 3.63) is 35.4 Å². The van der Waals surface area contributed by atoms with Crippen LogP contribution in [0.15, 0.2) is 18.7 Å². The standard InChI is InChI=1S/C25H36O8Si/c1-9-10-30-23-16(2)19(26)13-18-21(23)24(33-15-29-5)20(17(3)22(18)32-14-28-4)25(27)31-11-12-34(6,7)8/h9,13,26H,1,10-12,14-15H2,2-8H3. The van der Waals surface area contributed by atoms with Crippen molar-refractivity contribution in [1.82, 2.24) is 0 Å². The fraction of sp³-hybridized carbons (Fsp3) is 0.480. The van der Waals surface area contributed by atoms with Gasteiger partial charge in [-0.05, 0) is 26.0 Å². The number of ether oxygens (including phenoxy) is 6. The second-order valence-electron chi connectivity index (χ2n) is 9.08. The lowest BCUT2D eigenvalue weighted by atomic mass is 9.95. The number of aromatic hydroxyl groups is 1. The Morgan fingerprint density at radius 1 is 1.00 bits per heavy atom. The fourth-order valence-electron chi connectivity index (χ4n) is 3.42. The number of rotatable bonds is 13. The number of carbonyl (C=O) groups is 1. The van der Waals surface area contributed by atoms with Crippen molar-refractivity contribution in [3.8, 4) is 23.0 Å². The van der Waals surface area contributed by atoms with Gasteiger partial charge in [-0.3, -0.25) is 0 Å². The fourth-order valence-corrected chi connectivity index (χ4v) is 4.13. The van der Waals surface area contributed by atoms with Gasteiger partial charge in [-0.25, -0.2) is 4.79 Å². The molecule has 8 nitrogen and oxygen atoms in total. The van der Waals surface area contributed by atoms with Crippen LogP contribution in [0.2, 0.25) is 25.7 Å². The summed E-state index contributed by atoms with van der Waals surface area (Å²) in [7, 11) is 1.58. The van der Waals surface area contributed by atoms with Crippen LogP contribution in [0.1, 0.15) is 21.5 Å². The van der Waals surface area contributed by atoms with Crippen LogP contribution >= 0.6 is 0 Å². The molecular formula is C25H36O8Si. The van der Waals surface area contributed by atoms with Crippen LogP contribution < -0.4 is 14.2 Å². The second kappa shape index (κ2) is 12.1. The van der Waals surface area contributed by atoms with Crippen LogP contribution in [0.25, 0.3) is 10.8 Å². The smallest absolute Gasteiger partial charge is 0.342 e. The summed E-state index contributed by atoms with van der Waals surface area (Å²) in [5.41, 5.74) is 1.18. The molecule has 0 amide bonds. The molecule has 0 radical (unpaired) electrons. The third kappa shape index (κ3) is 6.43. The van der Waals surface area contributed by atoms with Gasteiger partial charge in [0.05, 0.1) is 12.0 Å². The van der Waals surface area contributed by atoms with Crippen LogP contribution in [0.5, 0.6) is 23.0 Å². The number of methoxy groups -OCH3 is 2. The molecule has 34 heavy (non-hydrogen) atoms. The Kier molecular flexibility index (Phi) is 9.78. The van der Waals surface area contributed by atoms with E-state index < -0.39 is 14.0 Å². The van der Waals surface area contributed by atoms with Gasteiger partial charge in [-0.1, -0.05) is 32.3 Å². The van der Waals surface area contributed by atoms with Gasteiger partial charge in [0.15, 0.2) is 13.6 Å². The molecule has 0 aliphatic rings. The van der Waals surface area contributed by atoms with E-state index >= 15 is 0 Å². The van der Waals surface area contributed by atoms with E-state index in [2.05, 4.69) is 26.2 Å². The van der Waals surface area contributed by atoms with E-state index in [0.29, 0.717) is 40.0 Å². The van der Waals surface area contributed by atoms with Gasteiger partial charge in [0.1, 0.15) is 35.2 Å². The molecule has 2 aromatic rings. The predicted octanol–water partition coefficient (Wildman–Crippen LogP) is 5.19. The molecular weight excluding hydrogens is 456 g/mol. The Bertz CT molecular complexity index is 1030. The first-order valence-corrected chi connectivity index (χ1v) is 14.7. The van der Waals surface area contributed by atoms with Gasteiger partial charge < -0.3 is 33.5 Å². The van der Waals surface area contributed by atoms with E-state index in [1.165, 1.54) is 14.2 Å². The summed E-state index contributed by atoms with van der Waals surface area (Å²) in [6, 6.07) is 2.39. The van der Waals surface area contributed by atoms with E-state index in [-0.39, 0.29) is 37.3 Å². The van der Waals surface area contributed by atoms with Crippen molar-refractivity contribution in [2.24, 2.45) is 0 Å². The highest BCUT2D eigenvalue weighted by Gasteiger charge is 2.29. The molecule has 1 N–H and O–H groups in total. The summed E-state index contributed by atoms with van der Waals surface area (Å²) in [5, 5.41) is 11.6. The van der Waals surface area contributed by atoms with Crippen LogP contribution in [-0.4, -0.2) is 60.2 Å². The number of benzene rings is 2. The van der Waals surface area contributed by atoms with E-state index in [1.54, 1.807) is 26.0 Å². The summed E-state index contributed by atoms with van der Waals surface area (Å²) in [6.07, 6.45) is 1.59. The molecule has 188 valence electrons. The van der Waals surface area contributed by atoms with Crippen molar-refractivity contribution in [2.45, 2.75) is 39.5 Å². The lowest BCUT2D eigenvalue weighted by Gasteiger charge is -2.23. The number of phenols is 1. The minimum absolute atomic E-state index is 0.0105. The SMILES string of the molecule is C=CCOc1c(C)c(O)cc2c(OCOC)c(C)c(C(=O)OCC[Si](C)(C)C)c(OCOC)c12. The lowest BCUT2D eigenvalue weighted by Crippen LogP contribution is -2.23. The van der Waals surface area contributed by atoms with Crippen molar-refractivity contribution in [1.29, 1.82) is 0 Å². The number of hydrogen-bond donors (Lipinski definition) is 1. The minimum atomic E-state index is -1.41.